The van der Waals surface area contributed by atoms with Crippen LogP contribution in [0, 0.1) is 17.6 Å². The van der Waals surface area contributed by atoms with Gasteiger partial charge in [0.25, 0.3) is 0 Å². The predicted octanol–water partition coefficient (Wildman–Crippen LogP) is 6.12. The number of likely N-dealkylation sites (tertiary alicyclic amines) is 1. The summed E-state index contributed by atoms with van der Waals surface area (Å²) in [6, 6.07) is 7.26. The van der Waals surface area contributed by atoms with Gasteiger partial charge in [0.05, 0.1) is 17.8 Å². The maximum atomic E-state index is 15.8. The Morgan fingerprint density at radius 1 is 1.14 bits per heavy atom. The normalized spacial score (nSPS) is 21.2. The van der Waals surface area contributed by atoms with E-state index >= 15 is 8.78 Å². The number of likely N-dealkylation sites (N-methyl/N-ethyl adjacent to an activating group) is 1. The van der Waals surface area contributed by atoms with E-state index < -0.39 is 11.6 Å². The number of H-pyrrole nitrogens is 1. The zero-order chi connectivity index (χ0) is 25.4. The van der Waals surface area contributed by atoms with E-state index in [1.807, 2.05) is 18.3 Å². The Bertz CT molecular complexity index is 1180. The number of nitrogens with zero attached hydrogens (tertiary/aromatic N) is 3. The summed E-state index contributed by atoms with van der Waals surface area (Å²) in [5.41, 5.74) is 3.77. The smallest absolute Gasteiger partial charge is 0.132 e. The van der Waals surface area contributed by atoms with Crippen LogP contribution in [0.5, 0.6) is 0 Å². The van der Waals surface area contributed by atoms with Crippen LogP contribution >= 0.6 is 0 Å². The quantitative estimate of drug-likeness (QED) is 0.351. The van der Waals surface area contributed by atoms with Gasteiger partial charge >= 0.3 is 0 Å². The number of aromatic amines is 1. The van der Waals surface area contributed by atoms with Crippen molar-refractivity contribution in [3.63, 3.8) is 0 Å². The third kappa shape index (κ3) is 4.88. The van der Waals surface area contributed by atoms with Gasteiger partial charge in [0.1, 0.15) is 11.6 Å². The second kappa shape index (κ2) is 10.5. The van der Waals surface area contributed by atoms with Gasteiger partial charge in [-0.1, -0.05) is 39.7 Å². The van der Waals surface area contributed by atoms with E-state index in [4.69, 9.17) is 0 Å². The van der Waals surface area contributed by atoms with Gasteiger partial charge in [0, 0.05) is 48.2 Å². The van der Waals surface area contributed by atoms with Crippen LogP contribution < -0.4 is 5.32 Å². The SMILES string of the molecule is CCCCCN1CC(Nc2cc(F)c([C@@H]3c4ccc5[nH]ncc5c4CN(C)[C@H]3CC(C)C)c(F)c2)C1. The van der Waals surface area contributed by atoms with Crippen LogP contribution in [-0.4, -0.2) is 58.8 Å². The van der Waals surface area contributed by atoms with Crippen molar-refractivity contribution in [1.29, 1.82) is 0 Å². The topological polar surface area (TPSA) is 47.2 Å². The summed E-state index contributed by atoms with van der Waals surface area (Å²) in [6.07, 6.45) is 6.36. The first-order valence-corrected chi connectivity index (χ1v) is 13.5. The summed E-state index contributed by atoms with van der Waals surface area (Å²) in [6.45, 7) is 10.2. The third-order valence-electron chi connectivity index (χ3n) is 7.97. The van der Waals surface area contributed by atoms with E-state index in [0.717, 1.165) is 54.6 Å². The van der Waals surface area contributed by atoms with Crippen molar-refractivity contribution in [3.8, 4) is 0 Å². The number of unbranched alkanes of at least 4 members (excludes halogenated alkanes) is 2. The van der Waals surface area contributed by atoms with Gasteiger partial charge in [-0.3, -0.25) is 14.9 Å². The molecule has 36 heavy (non-hydrogen) atoms. The van der Waals surface area contributed by atoms with Gasteiger partial charge in [-0.05, 0) is 61.7 Å². The third-order valence-corrected chi connectivity index (χ3v) is 7.97. The van der Waals surface area contributed by atoms with Crippen molar-refractivity contribution in [2.75, 3.05) is 32.0 Å². The van der Waals surface area contributed by atoms with Gasteiger partial charge in [0.15, 0.2) is 0 Å². The summed E-state index contributed by atoms with van der Waals surface area (Å²) in [5, 5.41) is 11.6. The van der Waals surface area contributed by atoms with Crippen LogP contribution in [0.25, 0.3) is 10.9 Å². The number of aromatic nitrogens is 2. The van der Waals surface area contributed by atoms with Crippen molar-refractivity contribution in [1.82, 2.24) is 20.0 Å². The standard InChI is InChI=1S/C29H39F2N5/c1-5-6-7-10-36-15-20(16-36)33-19-12-24(30)29(25(31)13-19)28-21-8-9-26-22(14-32-34-26)23(21)17-35(4)27(28)11-18(2)3/h8-9,12-14,18,20,27-28,33H,5-7,10-11,15-17H2,1-4H3,(H,32,34)/t27-,28+/m0/s1. The molecule has 2 N–H and O–H groups in total. The lowest BCUT2D eigenvalue weighted by Crippen LogP contribution is -2.54. The van der Waals surface area contributed by atoms with Crippen molar-refractivity contribution in [2.45, 2.75) is 71.0 Å². The molecule has 0 radical (unpaired) electrons. The summed E-state index contributed by atoms with van der Waals surface area (Å²) < 4.78 is 31.6. The number of nitrogens with one attached hydrogen (secondary N) is 2. The number of anilines is 1. The number of rotatable bonds is 9. The molecule has 0 spiro atoms. The van der Waals surface area contributed by atoms with Gasteiger partial charge in [0.2, 0.25) is 0 Å². The average molecular weight is 496 g/mol. The summed E-state index contributed by atoms with van der Waals surface area (Å²) in [7, 11) is 2.07. The number of hydrogen-bond acceptors (Lipinski definition) is 4. The molecule has 2 atom stereocenters. The highest BCUT2D eigenvalue weighted by Crippen LogP contribution is 2.44. The van der Waals surface area contributed by atoms with E-state index in [0.29, 0.717) is 11.6 Å². The minimum Gasteiger partial charge on any atom is -0.380 e. The lowest BCUT2D eigenvalue weighted by Gasteiger charge is -2.42. The molecule has 2 aliphatic heterocycles. The van der Waals surface area contributed by atoms with Crippen LogP contribution in [0.1, 0.15) is 69.1 Å². The Morgan fingerprint density at radius 2 is 1.89 bits per heavy atom. The van der Waals surface area contributed by atoms with Crippen molar-refractivity contribution < 1.29 is 8.78 Å². The molecule has 0 unspecified atom stereocenters. The Labute approximate surface area is 213 Å². The van der Waals surface area contributed by atoms with E-state index in [1.54, 1.807) is 0 Å². The van der Waals surface area contributed by atoms with Crippen LogP contribution in [-0.2, 0) is 6.54 Å². The van der Waals surface area contributed by atoms with Crippen molar-refractivity contribution in [3.05, 3.63) is 58.8 Å². The molecule has 1 aromatic heterocycles. The van der Waals surface area contributed by atoms with Crippen LogP contribution in [0.2, 0.25) is 0 Å². The highest BCUT2D eigenvalue weighted by atomic mass is 19.1. The molecule has 5 nitrogen and oxygen atoms in total. The monoisotopic (exact) mass is 495 g/mol. The van der Waals surface area contributed by atoms with Crippen molar-refractivity contribution >= 4 is 16.6 Å². The van der Waals surface area contributed by atoms with E-state index in [2.05, 4.69) is 53.1 Å². The van der Waals surface area contributed by atoms with E-state index in [-0.39, 0.29) is 23.6 Å². The summed E-state index contributed by atoms with van der Waals surface area (Å²) >= 11 is 0. The molecule has 3 aromatic rings. The second-order valence-corrected chi connectivity index (χ2v) is 11.2. The van der Waals surface area contributed by atoms with Crippen molar-refractivity contribution in [2.24, 2.45) is 5.92 Å². The van der Waals surface area contributed by atoms with Gasteiger partial charge < -0.3 is 5.32 Å². The summed E-state index contributed by atoms with van der Waals surface area (Å²) in [5.74, 6) is -0.912. The highest BCUT2D eigenvalue weighted by molar-refractivity contribution is 5.83. The van der Waals surface area contributed by atoms with Gasteiger partial charge in [-0.15, -0.1) is 0 Å². The largest absolute Gasteiger partial charge is 0.380 e. The zero-order valence-corrected chi connectivity index (χ0v) is 22.0. The molecule has 5 rings (SSSR count). The fourth-order valence-electron chi connectivity index (χ4n) is 6.17. The first kappa shape index (κ1) is 25.2. The number of halogens is 2. The molecule has 1 saturated heterocycles. The molecule has 194 valence electrons. The lowest BCUT2D eigenvalue weighted by molar-refractivity contribution is 0.159. The van der Waals surface area contributed by atoms with Gasteiger partial charge in [-0.25, -0.2) is 8.78 Å². The molecule has 3 heterocycles. The first-order chi connectivity index (χ1) is 17.4. The molecular weight excluding hydrogens is 456 g/mol. The molecule has 2 aromatic carbocycles. The zero-order valence-electron chi connectivity index (χ0n) is 22.0. The van der Waals surface area contributed by atoms with Gasteiger partial charge in [-0.2, -0.15) is 5.10 Å². The minimum absolute atomic E-state index is 0.00738. The summed E-state index contributed by atoms with van der Waals surface area (Å²) in [4.78, 5) is 4.66. The number of benzene rings is 2. The van der Waals surface area contributed by atoms with E-state index in [9.17, 15) is 0 Å². The predicted molar refractivity (Wildman–Crippen MR) is 142 cm³/mol. The maximum absolute atomic E-state index is 15.8. The highest BCUT2D eigenvalue weighted by Gasteiger charge is 2.39. The number of hydrogen-bond donors (Lipinski definition) is 2. The minimum atomic E-state index is -0.469. The second-order valence-electron chi connectivity index (χ2n) is 11.2. The molecule has 7 heteroatoms. The maximum Gasteiger partial charge on any atom is 0.132 e. The molecule has 2 aliphatic rings. The first-order valence-electron chi connectivity index (χ1n) is 13.5. The number of fused-ring (bicyclic) bond motifs is 3. The molecular formula is C29H39F2N5. The molecule has 0 aliphatic carbocycles. The Balaban J connectivity index is 1.44. The lowest BCUT2D eigenvalue weighted by atomic mass is 9.75. The Morgan fingerprint density at radius 3 is 2.58 bits per heavy atom. The molecule has 1 fully saturated rings. The molecule has 0 saturated carbocycles. The van der Waals surface area contributed by atoms with Crippen LogP contribution in [0.3, 0.4) is 0 Å². The average Bonchev–Trinajstić information content (AvgIpc) is 3.28. The fourth-order valence-corrected chi connectivity index (χ4v) is 6.17. The van der Waals surface area contributed by atoms with E-state index in [1.165, 1.54) is 31.4 Å². The molecule has 0 amide bonds. The van der Waals surface area contributed by atoms with Crippen LogP contribution in [0.15, 0.2) is 30.5 Å². The fraction of sp³-hybridized carbons (Fsp3) is 0.552. The van der Waals surface area contributed by atoms with Crippen LogP contribution in [0.4, 0.5) is 14.5 Å². The molecule has 0 bridgehead atoms. The Hall–Kier alpha value is -2.51. The Kier molecular flexibility index (Phi) is 7.31.